The first-order valence-corrected chi connectivity index (χ1v) is 12.0. The number of nitrogens with zero attached hydrogens (tertiary/aromatic N) is 2. The van der Waals surface area contributed by atoms with Gasteiger partial charge in [0.25, 0.3) is 5.88 Å². The maximum absolute atomic E-state index is 13.7. The first kappa shape index (κ1) is 28.3. The third-order valence-electron chi connectivity index (χ3n) is 4.97. The first-order chi connectivity index (χ1) is 17.5. The average molecular weight is 554 g/mol. The van der Waals surface area contributed by atoms with Crippen molar-refractivity contribution >= 4 is 27.5 Å². The molecule has 2 N–H and O–H groups in total. The molecule has 0 fully saturated rings. The Bertz CT molecular complexity index is 1530. The Morgan fingerprint density at radius 1 is 1.00 bits per heavy atom. The number of halogens is 5. The van der Waals surface area contributed by atoms with Crippen LogP contribution in [0, 0.1) is 23.0 Å². The summed E-state index contributed by atoms with van der Waals surface area (Å²) in [5.74, 6) is -2.66. The summed E-state index contributed by atoms with van der Waals surface area (Å²) < 4.78 is 93.4. The van der Waals surface area contributed by atoms with Gasteiger partial charge in [-0.25, -0.2) is 18.6 Å². The summed E-state index contributed by atoms with van der Waals surface area (Å²) in [7, 11) is -6.11. The predicted molar refractivity (Wildman–Crippen MR) is 128 cm³/mol. The lowest BCUT2D eigenvalue weighted by Gasteiger charge is -2.21. The van der Waals surface area contributed by atoms with Crippen LogP contribution in [-0.4, -0.2) is 24.9 Å². The molecule has 0 aliphatic rings. The van der Waals surface area contributed by atoms with Gasteiger partial charge in [-0.15, -0.1) is 0 Å². The third-order valence-corrected chi connectivity index (χ3v) is 5.91. The number of aromatic nitrogens is 1. The Balaban J connectivity index is 1.97. The zero-order chi connectivity index (χ0) is 28.5. The maximum atomic E-state index is 13.7. The minimum atomic E-state index is -6.11. The number of carbonyl (C=O) groups excluding carboxylic acids is 1. The van der Waals surface area contributed by atoms with Crippen molar-refractivity contribution in [1.82, 2.24) is 4.98 Å². The van der Waals surface area contributed by atoms with Gasteiger partial charge >= 0.3 is 21.7 Å². The lowest BCUT2D eigenvalue weighted by molar-refractivity contribution is -0.0501. The van der Waals surface area contributed by atoms with E-state index in [-0.39, 0.29) is 22.5 Å². The summed E-state index contributed by atoms with van der Waals surface area (Å²) >= 11 is 0. The number of nitrogens with one attached hydrogen (secondary N) is 2. The molecule has 0 bridgehead atoms. The van der Waals surface area contributed by atoms with Crippen LogP contribution in [0.5, 0.6) is 5.88 Å². The summed E-state index contributed by atoms with van der Waals surface area (Å²) in [5.41, 5.74) is -6.89. The van der Waals surface area contributed by atoms with Gasteiger partial charge in [-0.1, -0.05) is 32.9 Å². The zero-order valence-corrected chi connectivity index (χ0v) is 20.8. The van der Waals surface area contributed by atoms with Gasteiger partial charge in [0.1, 0.15) is 23.3 Å². The number of hydrogen-bond acceptors (Lipinski definition) is 6. The van der Waals surface area contributed by atoms with Crippen LogP contribution in [0.3, 0.4) is 0 Å². The van der Waals surface area contributed by atoms with Crippen molar-refractivity contribution in [2.75, 3.05) is 10.6 Å². The van der Waals surface area contributed by atoms with E-state index >= 15 is 0 Å². The highest BCUT2D eigenvalue weighted by Gasteiger charge is 2.49. The molecule has 8 nitrogen and oxygen atoms in total. The van der Waals surface area contributed by atoms with Gasteiger partial charge in [0.05, 0.1) is 11.4 Å². The summed E-state index contributed by atoms with van der Waals surface area (Å²) in [6, 6.07) is 10.2. The minimum absolute atomic E-state index is 0.0256. The summed E-state index contributed by atoms with van der Waals surface area (Å²) in [5, 5.41) is 14.2. The van der Waals surface area contributed by atoms with E-state index in [4.69, 9.17) is 0 Å². The highest BCUT2D eigenvalue weighted by Crippen LogP contribution is 2.36. The number of hydrogen-bond donors (Lipinski definition) is 2. The molecular weight excluding hydrogens is 535 g/mol. The molecule has 14 heteroatoms. The number of amides is 2. The van der Waals surface area contributed by atoms with Gasteiger partial charge in [-0.05, 0) is 35.9 Å². The van der Waals surface area contributed by atoms with Crippen molar-refractivity contribution in [3.8, 4) is 23.1 Å². The second-order valence-electron chi connectivity index (χ2n) is 8.86. The van der Waals surface area contributed by atoms with E-state index in [9.17, 15) is 40.4 Å². The standard InChI is InChI=1S/C24H19F5N4O4S/c1-23(2,3)20-11-16(17(12-30)21(33-20)37-38(35,36)24(27,28)29)13-4-7-15(8-5-13)31-22(34)32-19-10-14(25)6-9-18(19)26/h4-11H,1-3H3,(H2,31,32,34). The number of nitriles is 1. The van der Waals surface area contributed by atoms with Crippen molar-refractivity contribution in [3.63, 3.8) is 0 Å². The van der Waals surface area contributed by atoms with Crippen LogP contribution in [0.2, 0.25) is 0 Å². The van der Waals surface area contributed by atoms with Crippen LogP contribution >= 0.6 is 0 Å². The van der Waals surface area contributed by atoms with Crippen LogP contribution < -0.4 is 14.8 Å². The highest BCUT2D eigenvalue weighted by atomic mass is 32.2. The van der Waals surface area contributed by atoms with Gasteiger partial charge in [0.15, 0.2) is 0 Å². The Kier molecular flexibility index (Phi) is 7.64. The van der Waals surface area contributed by atoms with Gasteiger partial charge in [-0.2, -0.15) is 26.9 Å². The molecule has 3 rings (SSSR count). The lowest BCUT2D eigenvalue weighted by atomic mass is 9.88. The van der Waals surface area contributed by atoms with Gasteiger partial charge < -0.3 is 14.8 Å². The zero-order valence-electron chi connectivity index (χ0n) is 19.9. The molecule has 0 saturated carbocycles. The van der Waals surface area contributed by atoms with E-state index in [0.29, 0.717) is 0 Å². The number of rotatable bonds is 5. The Hall–Kier alpha value is -4.25. The van der Waals surface area contributed by atoms with Crippen LogP contribution in [0.25, 0.3) is 11.1 Å². The molecule has 0 atom stereocenters. The number of pyridine rings is 1. The van der Waals surface area contributed by atoms with E-state index in [0.717, 1.165) is 18.2 Å². The van der Waals surface area contributed by atoms with Crippen molar-refractivity contribution in [1.29, 1.82) is 5.26 Å². The monoisotopic (exact) mass is 554 g/mol. The lowest BCUT2D eigenvalue weighted by Crippen LogP contribution is -2.29. The van der Waals surface area contributed by atoms with Crippen molar-refractivity contribution < 1.29 is 39.3 Å². The summed E-state index contributed by atoms with van der Waals surface area (Å²) in [6.45, 7) is 5.00. The second-order valence-corrected chi connectivity index (χ2v) is 10.4. The smallest absolute Gasteiger partial charge is 0.354 e. The van der Waals surface area contributed by atoms with Crippen LogP contribution in [-0.2, 0) is 15.5 Å². The van der Waals surface area contributed by atoms with Gasteiger partial charge in [0.2, 0.25) is 0 Å². The number of benzene rings is 2. The van der Waals surface area contributed by atoms with E-state index < -0.39 is 55.8 Å². The Morgan fingerprint density at radius 2 is 1.63 bits per heavy atom. The molecule has 0 aliphatic heterocycles. The number of carbonyl (C=O) groups is 1. The van der Waals surface area contributed by atoms with Crippen molar-refractivity contribution in [3.05, 3.63) is 71.4 Å². The topological polar surface area (TPSA) is 121 Å². The molecule has 200 valence electrons. The van der Waals surface area contributed by atoms with Crippen LogP contribution in [0.4, 0.5) is 38.1 Å². The molecular formula is C24H19F5N4O4S. The number of urea groups is 1. The molecule has 3 aromatic rings. The fourth-order valence-electron chi connectivity index (χ4n) is 3.06. The fourth-order valence-corrected chi connectivity index (χ4v) is 3.49. The molecule has 1 aromatic heterocycles. The van der Waals surface area contributed by atoms with Gasteiger partial charge in [0, 0.05) is 22.7 Å². The molecule has 2 aromatic carbocycles. The average Bonchev–Trinajstić information content (AvgIpc) is 2.80. The molecule has 0 unspecified atom stereocenters. The predicted octanol–water partition coefficient (Wildman–Crippen LogP) is 6.07. The molecule has 0 radical (unpaired) electrons. The fraction of sp³-hybridized carbons (Fsp3) is 0.208. The highest BCUT2D eigenvalue weighted by molar-refractivity contribution is 7.88. The van der Waals surface area contributed by atoms with E-state index in [1.807, 2.05) is 0 Å². The molecule has 2 amide bonds. The molecule has 1 heterocycles. The normalized spacial score (nSPS) is 12.0. The largest absolute Gasteiger partial charge is 0.534 e. The second kappa shape index (κ2) is 10.3. The molecule has 0 spiro atoms. The number of alkyl halides is 3. The van der Waals surface area contributed by atoms with Crippen molar-refractivity contribution in [2.45, 2.75) is 31.7 Å². The Labute approximate surface area is 214 Å². The summed E-state index contributed by atoms with van der Waals surface area (Å²) in [6.07, 6.45) is 0. The van der Waals surface area contributed by atoms with Crippen LogP contribution in [0.15, 0.2) is 48.5 Å². The van der Waals surface area contributed by atoms with Crippen molar-refractivity contribution in [2.24, 2.45) is 0 Å². The molecule has 0 aliphatic carbocycles. The van der Waals surface area contributed by atoms with E-state index in [1.54, 1.807) is 26.8 Å². The minimum Gasteiger partial charge on any atom is -0.354 e. The maximum Gasteiger partial charge on any atom is 0.534 e. The van der Waals surface area contributed by atoms with Crippen LogP contribution in [0.1, 0.15) is 32.0 Å². The molecule has 38 heavy (non-hydrogen) atoms. The Morgan fingerprint density at radius 3 is 2.18 bits per heavy atom. The number of anilines is 2. The molecule has 0 saturated heterocycles. The SMILES string of the molecule is CC(C)(C)c1cc(-c2ccc(NC(=O)Nc3cc(F)ccc3F)cc2)c(C#N)c(OS(=O)(=O)C(F)(F)F)n1. The van der Waals surface area contributed by atoms with E-state index in [2.05, 4.69) is 19.8 Å². The quantitative estimate of drug-likeness (QED) is 0.224. The van der Waals surface area contributed by atoms with Gasteiger partial charge in [-0.3, -0.25) is 0 Å². The third kappa shape index (κ3) is 6.35. The van der Waals surface area contributed by atoms with E-state index in [1.165, 1.54) is 30.3 Å². The summed E-state index contributed by atoms with van der Waals surface area (Å²) in [4.78, 5) is 16.0. The first-order valence-electron chi connectivity index (χ1n) is 10.6.